The van der Waals surface area contributed by atoms with Crippen LogP contribution in [0.5, 0.6) is 5.75 Å². The zero-order valence-corrected chi connectivity index (χ0v) is 13.8. The van der Waals surface area contributed by atoms with E-state index in [0.29, 0.717) is 23.6 Å². The number of aliphatic imine (C=N–C) groups is 1. The molecule has 1 heterocycles. The quantitative estimate of drug-likeness (QED) is 0.672. The van der Waals surface area contributed by atoms with Crippen molar-refractivity contribution in [2.45, 2.75) is 20.8 Å². The molecule has 0 amide bonds. The summed E-state index contributed by atoms with van der Waals surface area (Å²) in [6.07, 6.45) is 1.23. The van der Waals surface area contributed by atoms with Gasteiger partial charge in [0, 0.05) is 12.3 Å². The molecular formula is C18H19NO5. The van der Waals surface area contributed by atoms with Crippen molar-refractivity contribution in [2.24, 2.45) is 10.9 Å². The predicted octanol–water partition coefficient (Wildman–Crippen LogP) is 3.22. The molecule has 0 bridgehead atoms. The first-order valence-corrected chi connectivity index (χ1v) is 7.52. The van der Waals surface area contributed by atoms with Crippen LogP contribution in [0.3, 0.4) is 0 Å². The minimum atomic E-state index is -0.662. The molecule has 0 aliphatic heterocycles. The largest absolute Gasteiger partial charge is 0.507 e. The third-order valence-electron chi connectivity index (χ3n) is 3.08. The molecule has 0 aliphatic rings. The van der Waals surface area contributed by atoms with Gasteiger partial charge in [0.15, 0.2) is 0 Å². The van der Waals surface area contributed by atoms with Crippen LogP contribution in [0.15, 0.2) is 44.5 Å². The maximum absolute atomic E-state index is 11.8. The second-order valence-corrected chi connectivity index (χ2v) is 5.74. The number of hydrogen-bond donors (Lipinski definition) is 1. The lowest BCUT2D eigenvalue weighted by atomic mass is 10.2. The molecule has 0 saturated carbocycles. The second-order valence-electron chi connectivity index (χ2n) is 5.74. The van der Waals surface area contributed by atoms with Gasteiger partial charge < -0.3 is 14.3 Å². The van der Waals surface area contributed by atoms with Gasteiger partial charge in [-0.15, -0.1) is 0 Å². The lowest BCUT2D eigenvalue weighted by Crippen LogP contribution is -2.09. The molecule has 2 rings (SSSR count). The van der Waals surface area contributed by atoms with Crippen molar-refractivity contribution in [1.82, 2.24) is 0 Å². The SMILES string of the molecule is Cc1cc(O)c(C=Nc2ccc(C(=O)OCC(C)C)cc2)c(=O)o1. The molecule has 1 N–H and O–H groups in total. The Kier molecular flexibility index (Phi) is 5.52. The van der Waals surface area contributed by atoms with E-state index in [9.17, 15) is 14.7 Å². The maximum atomic E-state index is 11.8. The fourth-order valence-corrected chi connectivity index (χ4v) is 1.87. The van der Waals surface area contributed by atoms with Gasteiger partial charge >= 0.3 is 11.6 Å². The third-order valence-corrected chi connectivity index (χ3v) is 3.08. The van der Waals surface area contributed by atoms with Crippen molar-refractivity contribution in [3.63, 3.8) is 0 Å². The molecule has 2 aromatic rings. The van der Waals surface area contributed by atoms with E-state index in [-0.39, 0.29) is 17.2 Å². The summed E-state index contributed by atoms with van der Waals surface area (Å²) < 4.78 is 10.0. The number of aromatic hydroxyl groups is 1. The fraction of sp³-hybridized carbons (Fsp3) is 0.278. The summed E-state index contributed by atoms with van der Waals surface area (Å²) in [5.74, 6) is 0.00283. The van der Waals surface area contributed by atoms with Crippen molar-refractivity contribution < 1.29 is 19.1 Å². The predicted molar refractivity (Wildman–Crippen MR) is 90.2 cm³/mol. The normalized spacial score (nSPS) is 11.2. The Hall–Kier alpha value is -2.89. The lowest BCUT2D eigenvalue weighted by molar-refractivity contribution is 0.0459. The second kappa shape index (κ2) is 7.59. The lowest BCUT2D eigenvalue weighted by Gasteiger charge is -2.07. The summed E-state index contributed by atoms with van der Waals surface area (Å²) in [6.45, 7) is 5.85. The molecule has 0 radical (unpaired) electrons. The molecule has 0 saturated heterocycles. The molecule has 0 spiro atoms. The van der Waals surface area contributed by atoms with Crippen molar-refractivity contribution in [3.05, 3.63) is 57.6 Å². The van der Waals surface area contributed by atoms with Gasteiger partial charge in [-0.1, -0.05) is 13.8 Å². The standard InChI is InChI=1S/C18H19NO5/c1-11(2)10-23-17(21)13-4-6-14(7-5-13)19-9-15-16(20)8-12(3)24-18(15)22/h4-9,11,20H,10H2,1-3H3. The summed E-state index contributed by atoms with van der Waals surface area (Å²) >= 11 is 0. The number of esters is 1. The van der Waals surface area contributed by atoms with Gasteiger partial charge in [0.25, 0.3) is 0 Å². The van der Waals surface area contributed by atoms with Crippen LogP contribution in [-0.2, 0) is 4.74 Å². The summed E-state index contributed by atoms with van der Waals surface area (Å²) in [7, 11) is 0. The van der Waals surface area contributed by atoms with Crippen LogP contribution >= 0.6 is 0 Å². The van der Waals surface area contributed by atoms with E-state index < -0.39 is 11.6 Å². The van der Waals surface area contributed by atoms with Gasteiger partial charge in [-0.25, -0.2) is 9.59 Å². The third kappa shape index (κ3) is 4.55. The highest BCUT2D eigenvalue weighted by Gasteiger charge is 2.09. The average molecular weight is 329 g/mol. The van der Waals surface area contributed by atoms with Crippen LogP contribution in [0, 0.1) is 12.8 Å². The van der Waals surface area contributed by atoms with Crippen molar-refractivity contribution in [2.75, 3.05) is 6.61 Å². The summed E-state index contributed by atoms with van der Waals surface area (Å²) in [6, 6.07) is 7.76. The number of hydrogen-bond acceptors (Lipinski definition) is 6. The van der Waals surface area contributed by atoms with Gasteiger partial charge in [0.05, 0.1) is 17.9 Å². The maximum Gasteiger partial charge on any atom is 0.348 e. The Morgan fingerprint density at radius 1 is 1.33 bits per heavy atom. The van der Waals surface area contributed by atoms with Crippen LogP contribution < -0.4 is 5.63 Å². The van der Waals surface area contributed by atoms with Crippen LogP contribution in [0.2, 0.25) is 0 Å². The fourth-order valence-electron chi connectivity index (χ4n) is 1.87. The molecule has 1 aromatic carbocycles. The number of carbonyl (C=O) groups is 1. The number of aryl methyl sites for hydroxylation is 1. The van der Waals surface area contributed by atoms with Gasteiger partial charge in [0.1, 0.15) is 17.1 Å². The Bertz CT molecular complexity index is 803. The van der Waals surface area contributed by atoms with Crippen LogP contribution in [0.4, 0.5) is 5.69 Å². The molecule has 0 fully saturated rings. The van der Waals surface area contributed by atoms with E-state index in [0.717, 1.165) is 0 Å². The number of benzene rings is 1. The zero-order chi connectivity index (χ0) is 17.7. The van der Waals surface area contributed by atoms with E-state index in [4.69, 9.17) is 9.15 Å². The molecule has 6 heteroatoms. The first-order valence-electron chi connectivity index (χ1n) is 7.52. The van der Waals surface area contributed by atoms with Crippen molar-refractivity contribution in [1.29, 1.82) is 0 Å². The summed E-state index contributed by atoms with van der Waals surface area (Å²) in [4.78, 5) is 27.6. The number of rotatable bonds is 5. The smallest absolute Gasteiger partial charge is 0.348 e. The molecule has 0 unspecified atom stereocenters. The summed E-state index contributed by atoms with van der Waals surface area (Å²) in [5.41, 5.74) is 0.258. The van der Waals surface area contributed by atoms with E-state index >= 15 is 0 Å². The van der Waals surface area contributed by atoms with E-state index in [2.05, 4.69) is 4.99 Å². The Balaban J connectivity index is 2.12. The number of carbonyl (C=O) groups excluding carboxylic acids is 1. The van der Waals surface area contributed by atoms with E-state index in [1.807, 2.05) is 13.8 Å². The van der Waals surface area contributed by atoms with Crippen molar-refractivity contribution >= 4 is 17.9 Å². The van der Waals surface area contributed by atoms with Crippen LogP contribution in [0.25, 0.3) is 0 Å². The molecule has 24 heavy (non-hydrogen) atoms. The van der Waals surface area contributed by atoms with Gasteiger partial charge in [-0.2, -0.15) is 0 Å². The number of ether oxygens (including phenoxy) is 1. The molecule has 126 valence electrons. The van der Waals surface area contributed by atoms with Gasteiger partial charge in [-0.3, -0.25) is 4.99 Å². The molecule has 0 atom stereocenters. The average Bonchev–Trinajstić information content (AvgIpc) is 2.52. The van der Waals surface area contributed by atoms with E-state index in [1.165, 1.54) is 12.3 Å². The highest BCUT2D eigenvalue weighted by molar-refractivity contribution is 5.90. The van der Waals surface area contributed by atoms with Gasteiger partial charge in [-0.05, 0) is 37.1 Å². The zero-order valence-electron chi connectivity index (χ0n) is 13.8. The highest BCUT2D eigenvalue weighted by Crippen LogP contribution is 2.16. The number of nitrogens with zero attached hydrogens (tertiary/aromatic N) is 1. The topological polar surface area (TPSA) is 89.1 Å². The minimum Gasteiger partial charge on any atom is -0.507 e. The monoisotopic (exact) mass is 329 g/mol. The molecule has 0 aliphatic carbocycles. The van der Waals surface area contributed by atoms with Crippen LogP contribution in [-0.4, -0.2) is 23.9 Å². The Morgan fingerprint density at radius 2 is 2.00 bits per heavy atom. The van der Waals surface area contributed by atoms with E-state index in [1.54, 1.807) is 31.2 Å². The Labute approximate surface area is 139 Å². The Morgan fingerprint density at radius 3 is 2.58 bits per heavy atom. The minimum absolute atomic E-state index is 0.0268. The summed E-state index contributed by atoms with van der Waals surface area (Å²) in [5, 5.41) is 9.76. The first-order chi connectivity index (χ1) is 11.4. The highest BCUT2D eigenvalue weighted by atomic mass is 16.5. The molecule has 6 nitrogen and oxygen atoms in total. The van der Waals surface area contributed by atoms with Crippen molar-refractivity contribution in [3.8, 4) is 5.75 Å². The first kappa shape index (κ1) is 17.5. The van der Waals surface area contributed by atoms with Gasteiger partial charge in [0.2, 0.25) is 0 Å². The van der Waals surface area contributed by atoms with Crippen LogP contribution in [0.1, 0.15) is 35.5 Å². The molecular weight excluding hydrogens is 310 g/mol. The molecule has 1 aromatic heterocycles.